The van der Waals surface area contributed by atoms with Crippen LogP contribution in [-0.2, 0) is 6.54 Å². The second-order valence-electron chi connectivity index (χ2n) is 5.51. The molecule has 7 heteroatoms. The molecule has 0 aliphatic heterocycles. The summed E-state index contributed by atoms with van der Waals surface area (Å²) < 4.78 is 39.6. The van der Waals surface area contributed by atoms with Crippen molar-refractivity contribution in [3.05, 3.63) is 53.1 Å². The predicted octanol–water partition coefficient (Wildman–Crippen LogP) is 4.94. The van der Waals surface area contributed by atoms with Crippen LogP contribution in [0.15, 0.2) is 48.2 Å². The number of aryl methyl sites for hydroxylation is 1. The normalized spacial score (nSPS) is 17.6. The topological polar surface area (TPSA) is 41.6 Å². The van der Waals surface area contributed by atoms with Crippen molar-refractivity contribution in [2.75, 3.05) is 0 Å². The maximum absolute atomic E-state index is 12.6. The van der Waals surface area contributed by atoms with Crippen LogP contribution >= 0.6 is 11.3 Å². The van der Waals surface area contributed by atoms with Crippen molar-refractivity contribution < 1.29 is 13.2 Å². The van der Waals surface area contributed by atoms with Crippen LogP contribution in [0.4, 0.5) is 13.2 Å². The van der Waals surface area contributed by atoms with Gasteiger partial charge < -0.3 is 0 Å². The van der Waals surface area contributed by atoms with Crippen molar-refractivity contribution in [2.24, 2.45) is 5.92 Å². The summed E-state index contributed by atoms with van der Waals surface area (Å²) in [4.78, 5) is 1.56. The second-order valence-corrected chi connectivity index (χ2v) is 6.60. The van der Waals surface area contributed by atoms with Gasteiger partial charge in [0.1, 0.15) is 16.6 Å². The van der Waals surface area contributed by atoms with E-state index in [1.165, 1.54) is 17.4 Å². The molecule has 0 fully saturated rings. The third-order valence-electron chi connectivity index (χ3n) is 3.84. The van der Waals surface area contributed by atoms with E-state index in [9.17, 15) is 13.2 Å². The van der Waals surface area contributed by atoms with Gasteiger partial charge in [0.25, 0.3) is 0 Å². The predicted molar refractivity (Wildman–Crippen MR) is 86.3 cm³/mol. The molecule has 3 nitrogen and oxygen atoms in total. The Kier molecular flexibility index (Phi) is 4.58. The van der Waals surface area contributed by atoms with Crippen LogP contribution < -0.4 is 0 Å². The molecule has 0 radical (unpaired) electrons. The Morgan fingerprint density at radius 2 is 2.17 bits per heavy atom. The zero-order valence-corrected chi connectivity index (χ0v) is 13.4. The minimum Gasteiger partial charge on any atom is -0.272 e. The lowest BCUT2D eigenvalue weighted by molar-refractivity contribution is -0.160. The lowest BCUT2D eigenvalue weighted by Crippen LogP contribution is -2.21. The number of nitriles is 1. The van der Waals surface area contributed by atoms with Crippen molar-refractivity contribution in [1.82, 2.24) is 9.78 Å². The van der Waals surface area contributed by atoms with Gasteiger partial charge in [-0.15, -0.1) is 11.3 Å². The number of hydrogen-bond donors (Lipinski definition) is 0. The third kappa shape index (κ3) is 3.77. The standard InChI is InChI=1S/C17H14F3N3S/c18-17(19,20)13-3-1-12(2-4-13)7-9-23-10-8-15(22-23)16-6-5-14(11-21)24-16/h1-3,5-6,8,10,13H,4,7,9H2. The van der Waals surface area contributed by atoms with Crippen LogP contribution in [0.2, 0.25) is 0 Å². The van der Waals surface area contributed by atoms with E-state index in [1.807, 2.05) is 18.3 Å². The fourth-order valence-electron chi connectivity index (χ4n) is 2.49. The summed E-state index contributed by atoms with van der Waals surface area (Å²) in [6, 6.07) is 7.59. The summed E-state index contributed by atoms with van der Waals surface area (Å²) >= 11 is 1.38. The molecule has 2 heterocycles. The van der Waals surface area contributed by atoms with Crippen molar-refractivity contribution in [3.63, 3.8) is 0 Å². The van der Waals surface area contributed by atoms with Gasteiger partial charge in [0.2, 0.25) is 0 Å². The average Bonchev–Trinajstić information content (AvgIpc) is 3.21. The van der Waals surface area contributed by atoms with Crippen molar-refractivity contribution in [2.45, 2.75) is 25.6 Å². The Hall–Kier alpha value is -2.33. The SMILES string of the molecule is N#Cc1ccc(-c2ccn(CCC3=CCC(C(F)(F)F)C=C3)n2)s1. The quantitative estimate of drug-likeness (QED) is 0.785. The molecular weight excluding hydrogens is 335 g/mol. The maximum atomic E-state index is 12.6. The Morgan fingerprint density at radius 3 is 2.79 bits per heavy atom. The molecule has 124 valence electrons. The molecule has 3 rings (SSSR count). The van der Waals surface area contributed by atoms with Gasteiger partial charge in [0.15, 0.2) is 0 Å². The van der Waals surface area contributed by atoms with Gasteiger partial charge in [-0.1, -0.05) is 23.8 Å². The molecule has 0 aromatic carbocycles. The highest BCUT2D eigenvalue weighted by atomic mass is 32.1. The first-order valence-corrected chi connectivity index (χ1v) is 8.25. The minimum absolute atomic E-state index is 0.00578. The fraction of sp³-hybridized carbons (Fsp3) is 0.294. The summed E-state index contributed by atoms with van der Waals surface area (Å²) in [6.45, 7) is 0.601. The molecule has 1 unspecified atom stereocenters. The number of halogens is 3. The summed E-state index contributed by atoms with van der Waals surface area (Å²) in [5.74, 6) is -1.37. The second kappa shape index (κ2) is 6.65. The zero-order valence-electron chi connectivity index (χ0n) is 12.6. The van der Waals surface area contributed by atoms with Gasteiger partial charge >= 0.3 is 6.18 Å². The van der Waals surface area contributed by atoms with Crippen LogP contribution in [0.3, 0.4) is 0 Å². The Morgan fingerprint density at radius 1 is 1.33 bits per heavy atom. The zero-order chi connectivity index (χ0) is 17.2. The van der Waals surface area contributed by atoms with Gasteiger partial charge in [-0.3, -0.25) is 4.68 Å². The van der Waals surface area contributed by atoms with Gasteiger partial charge in [0, 0.05) is 12.7 Å². The summed E-state index contributed by atoms with van der Waals surface area (Å²) in [5, 5.41) is 13.3. The Balaban J connectivity index is 1.58. The number of rotatable bonds is 4. The highest BCUT2D eigenvalue weighted by Crippen LogP contribution is 2.33. The van der Waals surface area contributed by atoms with Gasteiger partial charge in [0.05, 0.1) is 10.8 Å². The first-order chi connectivity index (χ1) is 11.5. The summed E-state index contributed by atoms with van der Waals surface area (Å²) in [6.07, 6.45) is 2.76. The fourth-order valence-corrected chi connectivity index (χ4v) is 3.26. The number of hydrogen-bond acceptors (Lipinski definition) is 3. The molecule has 0 saturated carbocycles. The molecule has 0 saturated heterocycles. The molecule has 1 aliphatic carbocycles. The number of alkyl halides is 3. The molecule has 2 aromatic heterocycles. The van der Waals surface area contributed by atoms with Crippen LogP contribution in [0.5, 0.6) is 0 Å². The van der Waals surface area contributed by atoms with E-state index in [0.29, 0.717) is 17.8 Å². The van der Waals surface area contributed by atoms with Crippen molar-refractivity contribution in [3.8, 4) is 16.6 Å². The molecule has 0 bridgehead atoms. The molecule has 0 N–H and O–H groups in total. The summed E-state index contributed by atoms with van der Waals surface area (Å²) in [5.41, 5.74) is 1.70. The first kappa shape index (κ1) is 16.5. The lowest BCUT2D eigenvalue weighted by Gasteiger charge is -2.19. The molecule has 1 atom stereocenters. The Labute approximate surface area is 141 Å². The Bertz CT molecular complexity index is 821. The van der Waals surface area contributed by atoms with E-state index in [0.717, 1.165) is 16.1 Å². The number of nitrogens with zero attached hydrogens (tertiary/aromatic N) is 3. The third-order valence-corrected chi connectivity index (χ3v) is 4.85. The highest BCUT2D eigenvalue weighted by molar-refractivity contribution is 7.15. The van der Waals surface area contributed by atoms with Crippen LogP contribution in [0.1, 0.15) is 17.7 Å². The molecule has 24 heavy (non-hydrogen) atoms. The number of aromatic nitrogens is 2. The summed E-state index contributed by atoms with van der Waals surface area (Å²) in [7, 11) is 0. The van der Waals surface area contributed by atoms with Gasteiger partial charge in [-0.2, -0.15) is 23.5 Å². The molecule has 0 amide bonds. The van der Waals surface area contributed by atoms with E-state index in [-0.39, 0.29) is 6.42 Å². The number of thiophene rings is 1. The monoisotopic (exact) mass is 349 g/mol. The molecule has 2 aromatic rings. The maximum Gasteiger partial charge on any atom is 0.395 e. The van der Waals surface area contributed by atoms with Crippen LogP contribution in [0, 0.1) is 17.2 Å². The molecule has 1 aliphatic rings. The van der Waals surface area contributed by atoms with Crippen molar-refractivity contribution >= 4 is 11.3 Å². The van der Waals surface area contributed by atoms with E-state index in [1.54, 1.807) is 22.9 Å². The van der Waals surface area contributed by atoms with Crippen molar-refractivity contribution in [1.29, 1.82) is 5.26 Å². The largest absolute Gasteiger partial charge is 0.395 e. The average molecular weight is 349 g/mol. The molecular formula is C17H14F3N3S. The first-order valence-electron chi connectivity index (χ1n) is 7.43. The van der Waals surface area contributed by atoms with E-state index in [2.05, 4.69) is 11.2 Å². The van der Waals surface area contributed by atoms with E-state index in [4.69, 9.17) is 5.26 Å². The van der Waals surface area contributed by atoms with Gasteiger partial charge in [-0.25, -0.2) is 0 Å². The highest BCUT2D eigenvalue weighted by Gasteiger charge is 2.37. The minimum atomic E-state index is -4.17. The molecule has 0 spiro atoms. The van der Waals surface area contributed by atoms with Gasteiger partial charge in [-0.05, 0) is 31.0 Å². The van der Waals surface area contributed by atoms with E-state index >= 15 is 0 Å². The lowest BCUT2D eigenvalue weighted by atomic mass is 9.95. The number of allylic oxidation sites excluding steroid dienone is 4. The van der Waals surface area contributed by atoms with Crippen LogP contribution in [-0.4, -0.2) is 16.0 Å². The van der Waals surface area contributed by atoms with E-state index < -0.39 is 12.1 Å². The van der Waals surface area contributed by atoms with Crippen LogP contribution in [0.25, 0.3) is 10.6 Å². The smallest absolute Gasteiger partial charge is 0.272 e.